The SMILES string of the molecule is N#C[C@H](C[C@@H]1CCCNC1=O)NC(=O)[C@@H]1[C@@H]2CC[C@@H](CC2(F)F)N1C(=O)[C@@H](O)c1ccccc1. The summed E-state index contributed by atoms with van der Waals surface area (Å²) >= 11 is 0. The lowest BCUT2D eigenvalue weighted by Crippen LogP contribution is -2.69. The summed E-state index contributed by atoms with van der Waals surface area (Å²) in [6.45, 7) is 0.556. The lowest BCUT2D eigenvalue weighted by Gasteiger charge is -2.54. The van der Waals surface area contributed by atoms with Crippen LogP contribution in [0.3, 0.4) is 0 Å². The number of nitrogens with one attached hydrogen (secondary N) is 2. The van der Waals surface area contributed by atoms with Crippen LogP contribution in [0, 0.1) is 23.2 Å². The molecule has 3 N–H and O–H groups in total. The van der Waals surface area contributed by atoms with Gasteiger partial charge in [-0.2, -0.15) is 5.26 Å². The largest absolute Gasteiger partial charge is 0.378 e. The van der Waals surface area contributed by atoms with Gasteiger partial charge in [0.1, 0.15) is 12.1 Å². The van der Waals surface area contributed by atoms with E-state index in [1.165, 1.54) is 0 Å². The van der Waals surface area contributed by atoms with E-state index in [9.17, 15) is 33.5 Å². The maximum absolute atomic E-state index is 14.8. The van der Waals surface area contributed by atoms with Crippen molar-refractivity contribution in [2.75, 3.05) is 6.54 Å². The third-order valence-corrected chi connectivity index (χ3v) is 7.20. The van der Waals surface area contributed by atoms with E-state index >= 15 is 0 Å². The monoisotopic (exact) mass is 474 g/mol. The molecule has 3 heterocycles. The zero-order valence-corrected chi connectivity index (χ0v) is 18.6. The average Bonchev–Trinajstić information content (AvgIpc) is 2.83. The molecule has 10 heteroatoms. The molecule has 0 radical (unpaired) electrons. The number of nitrogens with zero attached hydrogens (tertiary/aromatic N) is 2. The third kappa shape index (κ3) is 4.62. The molecule has 34 heavy (non-hydrogen) atoms. The first-order valence-electron chi connectivity index (χ1n) is 11.6. The van der Waals surface area contributed by atoms with E-state index in [1.807, 2.05) is 6.07 Å². The van der Waals surface area contributed by atoms with E-state index in [1.54, 1.807) is 30.3 Å². The minimum atomic E-state index is -3.15. The van der Waals surface area contributed by atoms with Gasteiger partial charge in [0.15, 0.2) is 6.10 Å². The summed E-state index contributed by atoms with van der Waals surface area (Å²) in [7, 11) is 0. The van der Waals surface area contributed by atoms with E-state index in [2.05, 4.69) is 10.6 Å². The number of rotatable bonds is 6. The highest BCUT2D eigenvalue weighted by Crippen LogP contribution is 2.49. The van der Waals surface area contributed by atoms with E-state index in [0.717, 1.165) is 11.3 Å². The molecule has 6 atom stereocenters. The smallest absolute Gasteiger partial charge is 0.256 e. The van der Waals surface area contributed by atoms with Gasteiger partial charge in [-0.3, -0.25) is 14.4 Å². The van der Waals surface area contributed by atoms with E-state index in [-0.39, 0.29) is 18.7 Å². The fourth-order valence-electron chi connectivity index (χ4n) is 5.49. The number of halogens is 2. The fourth-order valence-corrected chi connectivity index (χ4v) is 5.49. The summed E-state index contributed by atoms with van der Waals surface area (Å²) in [5.74, 6) is -6.89. The van der Waals surface area contributed by atoms with Gasteiger partial charge >= 0.3 is 0 Å². The van der Waals surface area contributed by atoms with Gasteiger partial charge in [-0.15, -0.1) is 0 Å². The van der Waals surface area contributed by atoms with Gasteiger partial charge in [0.2, 0.25) is 11.8 Å². The molecule has 8 nitrogen and oxygen atoms in total. The molecular formula is C24H28F2N4O4. The topological polar surface area (TPSA) is 123 Å². The van der Waals surface area contributed by atoms with Crippen molar-refractivity contribution < 1.29 is 28.3 Å². The molecule has 2 bridgehead atoms. The Labute approximate surface area is 196 Å². The number of carbonyl (C=O) groups excluding carboxylic acids is 3. The van der Waals surface area contributed by atoms with Crippen LogP contribution in [0.15, 0.2) is 30.3 Å². The number of fused-ring (bicyclic) bond motifs is 3. The number of carbonyl (C=O) groups is 3. The second kappa shape index (κ2) is 9.66. The molecule has 1 aromatic rings. The van der Waals surface area contributed by atoms with Crippen LogP contribution in [0.4, 0.5) is 8.78 Å². The Bertz CT molecular complexity index is 983. The molecule has 3 amide bonds. The Balaban J connectivity index is 1.56. The molecule has 4 aliphatic rings. The minimum absolute atomic E-state index is 0.0587. The molecule has 0 spiro atoms. The van der Waals surface area contributed by atoms with Crippen molar-refractivity contribution in [2.45, 2.75) is 68.7 Å². The number of amides is 3. The Hall–Kier alpha value is -3.06. The van der Waals surface area contributed by atoms with Crippen LogP contribution in [0.1, 0.15) is 50.2 Å². The molecule has 1 aliphatic carbocycles. The van der Waals surface area contributed by atoms with Gasteiger partial charge in [0.25, 0.3) is 11.8 Å². The van der Waals surface area contributed by atoms with Crippen LogP contribution in [-0.4, -0.2) is 58.3 Å². The summed E-state index contributed by atoms with van der Waals surface area (Å²) in [5.41, 5.74) is 0.304. The number of piperidine rings is 3. The summed E-state index contributed by atoms with van der Waals surface area (Å²) in [6.07, 6.45) is -0.419. The molecule has 1 saturated carbocycles. The zero-order chi connectivity index (χ0) is 24.5. The van der Waals surface area contributed by atoms with Crippen LogP contribution in [0.25, 0.3) is 0 Å². The number of aliphatic hydroxyl groups excluding tert-OH is 1. The van der Waals surface area contributed by atoms with Crippen LogP contribution in [0.5, 0.6) is 0 Å². The van der Waals surface area contributed by atoms with E-state index < -0.39 is 60.2 Å². The number of benzene rings is 1. The van der Waals surface area contributed by atoms with Gasteiger partial charge < -0.3 is 20.6 Å². The number of hydrogen-bond donors (Lipinski definition) is 3. The normalized spacial score (nSPS) is 29.5. The Kier molecular flexibility index (Phi) is 6.84. The quantitative estimate of drug-likeness (QED) is 0.579. The molecule has 1 aromatic carbocycles. The summed E-state index contributed by atoms with van der Waals surface area (Å²) in [6, 6.07) is 6.58. The summed E-state index contributed by atoms with van der Waals surface area (Å²) in [4.78, 5) is 39.7. The van der Waals surface area contributed by atoms with Crippen molar-refractivity contribution in [1.29, 1.82) is 5.26 Å². The fraction of sp³-hybridized carbons (Fsp3) is 0.583. The van der Waals surface area contributed by atoms with Crippen molar-refractivity contribution in [3.63, 3.8) is 0 Å². The summed E-state index contributed by atoms with van der Waals surface area (Å²) in [5, 5.41) is 25.5. The average molecular weight is 475 g/mol. The molecule has 3 saturated heterocycles. The maximum atomic E-state index is 14.8. The first kappa shape index (κ1) is 24.1. The number of nitriles is 1. The van der Waals surface area contributed by atoms with Crippen molar-refractivity contribution in [3.05, 3.63) is 35.9 Å². The van der Waals surface area contributed by atoms with Crippen LogP contribution < -0.4 is 10.6 Å². The van der Waals surface area contributed by atoms with Crippen LogP contribution in [-0.2, 0) is 14.4 Å². The highest BCUT2D eigenvalue weighted by molar-refractivity contribution is 5.91. The highest BCUT2D eigenvalue weighted by atomic mass is 19.3. The van der Waals surface area contributed by atoms with Crippen LogP contribution in [0.2, 0.25) is 0 Å². The Morgan fingerprint density at radius 2 is 2.00 bits per heavy atom. The molecule has 3 aliphatic heterocycles. The highest BCUT2D eigenvalue weighted by Gasteiger charge is 2.61. The van der Waals surface area contributed by atoms with E-state index in [0.29, 0.717) is 24.9 Å². The van der Waals surface area contributed by atoms with Gasteiger partial charge in [0.05, 0.1) is 12.0 Å². The molecule has 4 fully saturated rings. The lowest BCUT2D eigenvalue weighted by atomic mass is 9.71. The van der Waals surface area contributed by atoms with Crippen molar-refractivity contribution in [1.82, 2.24) is 15.5 Å². The standard InChI is InChI=1S/C24H28F2N4O4/c25-24(26)12-17-8-9-18(24)19(30(17)23(34)20(31)14-5-2-1-3-6-14)22(33)29-16(13-27)11-15-7-4-10-28-21(15)32/h1-3,5-6,15-20,31H,4,7-12H2,(H,28,32)(H,29,33)/t15-,16-,17-,18-,19-,20-/m0/s1. The van der Waals surface area contributed by atoms with Gasteiger partial charge in [-0.1, -0.05) is 30.3 Å². The zero-order valence-electron chi connectivity index (χ0n) is 18.6. The number of alkyl halides is 2. The van der Waals surface area contributed by atoms with Crippen molar-refractivity contribution >= 4 is 17.7 Å². The van der Waals surface area contributed by atoms with Gasteiger partial charge in [-0.05, 0) is 37.7 Å². The molecule has 182 valence electrons. The number of hydrogen-bond acceptors (Lipinski definition) is 5. The van der Waals surface area contributed by atoms with Gasteiger partial charge in [-0.25, -0.2) is 8.78 Å². The molecular weight excluding hydrogens is 446 g/mol. The molecule has 5 rings (SSSR count). The lowest BCUT2D eigenvalue weighted by molar-refractivity contribution is -0.198. The second-order valence-electron chi connectivity index (χ2n) is 9.36. The van der Waals surface area contributed by atoms with E-state index in [4.69, 9.17) is 0 Å². The first-order valence-corrected chi connectivity index (χ1v) is 11.6. The Morgan fingerprint density at radius 3 is 2.65 bits per heavy atom. The molecule has 0 aromatic heterocycles. The predicted molar refractivity (Wildman–Crippen MR) is 116 cm³/mol. The third-order valence-electron chi connectivity index (χ3n) is 7.20. The second-order valence-corrected chi connectivity index (χ2v) is 9.36. The van der Waals surface area contributed by atoms with Crippen molar-refractivity contribution in [2.24, 2.45) is 11.8 Å². The maximum Gasteiger partial charge on any atom is 0.256 e. The molecule has 0 unspecified atom stereocenters. The Morgan fingerprint density at radius 1 is 1.26 bits per heavy atom. The summed E-state index contributed by atoms with van der Waals surface area (Å²) < 4.78 is 29.6. The van der Waals surface area contributed by atoms with Gasteiger partial charge in [0, 0.05) is 24.9 Å². The number of aliphatic hydroxyl groups is 1. The minimum Gasteiger partial charge on any atom is -0.378 e. The van der Waals surface area contributed by atoms with Crippen LogP contribution >= 0.6 is 0 Å². The predicted octanol–water partition coefficient (Wildman–Crippen LogP) is 1.66. The van der Waals surface area contributed by atoms with Crippen molar-refractivity contribution in [3.8, 4) is 6.07 Å². The first-order chi connectivity index (χ1) is 16.2.